The smallest absolute Gasteiger partial charge is 0.411 e. The lowest BCUT2D eigenvalue weighted by Gasteiger charge is -2.15. The Hall–Kier alpha value is -3.62. The summed E-state index contributed by atoms with van der Waals surface area (Å²) in [4.78, 5) is 35.9. The van der Waals surface area contributed by atoms with Gasteiger partial charge in [-0.05, 0) is 30.3 Å². The Kier molecular flexibility index (Phi) is 5.44. The number of fused-ring (bicyclic) bond motifs is 1. The van der Waals surface area contributed by atoms with Crippen molar-refractivity contribution in [2.45, 2.75) is 13.1 Å². The predicted molar refractivity (Wildman–Crippen MR) is 97.6 cm³/mol. The van der Waals surface area contributed by atoms with Crippen LogP contribution in [0, 0.1) is 5.82 Å². The molecule has 3 amide bonds. The topological polar surface area (TPSA) is 108 Å². The van der Waals surface area contributed by atoms with Gasteiger partial charge in [0.25, 0.3) is 5.91 Å². The van der Waals surface area contributed by atoms with Crippen LogP contribution in [0.1, 0.15) is 21.5 Å². The predicted octanol–water partition coefficient (Wildman–Crippen LogP) is 2.20. The van der Waals surface area contributed by atoms with Gasteiger partial charge in [0.05, 0.1) is 7.11 Å². The van der Waals surface area contributed by atoms with E-state index >= 15 is 0 Å². The molecule has 1 aliphatic rings. The molecule has 0 spiro atoms. The number of methoxy groups -OCH3 is 1. The van der Waals surface area contributed by atoms with Crippen molar-refractivity contribution in [2.24, 2.45) is 0 Å². The van der Waals surface area contributed by atoms with Crippen LogP contribution in [-0.4, -0.2) is 41.6 Å². The van der Waals surface area contributed by atoms with Gasteiger partial charge < -0.3 is 20.1 Å². The molecule has 0 atom stereocenters. The largest absolute Gasteiger partial charge is 0.497 e. The molecule has 0 saturated heterocycles. The summed E-state index contributed by atoms with van der Waals surface area (Å²) in [6.07, 6.45) is -1.48. The Morgan fingerprint density at radius 2 is 2.07 bits per heavy atom. The number of carbonyl (C=O) groups is 3. The summed E-state index contributed by atoms with van der Waals surface area (Å²) in [5.41, 5.74) is 2.12. The number of carboxylic acid groups (broad SMARTS) is 1. The van der Waals surface area contributed by atoms with Gasteiger partial charge in [-0.25, -0.2) is 9.18 Å². The minimum Gasteiger partial charge on any atom is -0.497 e. The van der Waals surface area contributed by atoms with Gasteiger partial charge in [-0.15, -0.1) is 0 Å². The summed E-state index contributed by atoms with van der Waals surface area (Å²) in [6, 6.07) is 9.49. The second-order valence-corrected chi connectivity index (χ2v) is 6.16. The monoisotopic (exact) mass is 387 g/mol. The highest BCUT2D eigenvalue weighted by atomic mass is 19.1. The molecule has 0 fully saturated rings. The lowest BCUT2D eigenvalue weighted by atomic mass is 10.1. The zero-order valence-corrected chi connectivity index (χ0v) is 15.0. The number of hydrogen-bond donors (Lipinski definition) is 3. The molecule has 2 aromatic carbocycles. The van der Waals surface area contributed by atoms with Crippen LogP contribution in [0.3, 0.4) is 0 Å². The average Bonchev–Trinajstić information content (AvgIpc) is 2.97. The van der Waals surface area contributed by atoms with E-state index in [1.807, 2.05) is 0 Å². The van der Waals surface area contributed by atoms with Crippen LogP contribution >= 0.6 is 0 Å². The molecular formula is C19H18FN3O5. The summed E-state index contributed by atoms with van der Waals surface area (Å²) in [7, 11) is 1.50. The fourth-order valence-electron chi connectivity index (χ4n) is 3.02. The summed E-state index contributed by atoms with van der Waals surface area (Å²) in [5, 5.41) is 13.4. The number of ether oxygens (including phenoxy) is 1. The number of benzene rings is 2. The first-order valence-electron chi connectivity index (χ1n) is 8.39. The Balaban J connectivity index is 1.74. The maximum absolute atomic E-state index is 14.0. The quantitative estimate of drug-likeness (QED) is 0.701. The first-order valence-corrected chi connectivity index (χ1v) is 8.39. The zero-order chi connectivity index (χ0) is 20.3. The van der Waals surface area contributed by atoms with E-state index in [1.165, 1.54) is 24.1 Å². The summed E-state index contributed by atoms with van der Waals surface area (Å²) in [6.45, 7) is -0.0537. The van der Waals surface area contributed by atoms with Crippen LogP contribution in [0.25, 0.3) is 0 Å². The number of anilines is 1. The third-order valence-electron chi connectivity index (χ3n) is 4.35. The van der Waals surface area contributed by atoms with Crippen molar-refractivity contribution >= 4 is 23.6 Å². The number of rotatable bonds is 6. The van der Waals surface area contributed by atoms with E-state index in [4.69, 9.17) is 9.84 Å². The molecule has 0 unspecified atom stereocenters. The third-order valence-corrected chi connectivity index (χ3v) is 4.35. The van der Waals surface area contributed by atoms with Crippen molar-refractivity contribution in [2.75, 3.05) is 19.0 Å². The van der Waals surface area contributed by atoms with Crippen molar-refractivity contribution in [3.05, 3.63) is 58.9 Å². The molecule has 146 valence electrons. The lowest BCUT2D eigenvalue weighted by Crippen LogP contribution is -2.39. The molecule has 8 nitrogen and oxygen atoms in total. The van der Waals surface area contributed by atoms with E-state index in [9.17, 15) is 18.8 Å². The van der Waals surface area contributed by atoms with Crippen molar-refractivity contribution < 1.29 is 28.6 Å². The fraction of sp³-hybridized carbons (Fsp3) is 0.211. The maximum Gasteiger partial charge on any atom is 0.411 e. The van der Waals surface area contributed by atoms with Crippen LogP contribution in [-0.2, 0) is 17.9 Å². The fourth-order valence-corrected chi connectivity index (χ4v) is 3.02. The minimum absolute atomic E-state index is 0.144. The molecule has 1 heterocycles. The van der Waals surface area contributed by atoms with Gasteiger partial charge in [0.1, 0.15) is 18.1 Å². The molecule has 1 aliphatic heterocycles. The van der Waals surface area contributed by atoms with E-state index in [-0.39, 0.29) is 31.4 Å². The maximum atomic E-state index is 14.0. The SMILES string of the molecule is COc1ccc(F)c(CNc2cccc3c2CN(CC(=O)NC(=O)O)C3=O)c1. The molecule has 0 radical (unpaired) electrons. The Morgan fingerprint density at radius 1 is 1.29 bits per heavy atom. The molecule has 9 heteroatoms. The van der Waals surface area contributed by atoms with E-state index in [1.54, 1.807) is 29.6 Å². The van der Waals surface area contributed by atoms with Gasteiger partial charge in [-0.1, -0.05) is 6.07 Å². The van der Waals surface area contributed by atoms with Gasteiger partial charge in [-0.2, -0.15) is 0 Å². The molecule has 28 heavy (non-hydrogen) atoms. The normalized spacial score (nSPS) is 12.5. The van der Waals surface area contributed by atoms with Crippen molar-refractivity contribution in [3.8, 4) is 5.75 Å². The highest BCUT2D eigenvalue weighted by Crippen LogP contribution is 2.30. The third kappa shape index (κ3) is 4.03. The van der Waals surface area contributed by atoms with E-state index < -0.39 is 12.0 Å². The van der Waals surface area contributed by atoms with Gasteiger partial charge in [0.2, 0.25) is 5.91 Å². The second kappa shape index (κ2) is 7.95. The van der Waals surface area contributed by atoms with Crippen molar-refractivity contribution in [1.29, 1.82) is 0 Å². The lowest BCUT2D eigenvalue weighted by molar-refractivity contribution is -0.121. The van der Waals surface area contributed by atoms with E-state index in [0.717, 1.165) is 0 Å². The molecule has 3 N–H and O–H groups in total. The van der Waals surface area contributed by atoms with Crippen molar-refractivity contribution in [1.82, 2.24) is 10.2 Å². The molecule has 0 bridgehead atoms. The zero-order valence-electron chi connectivity index (χ0n) is 15.0. The van der Waals surface area contributed by atoms with Crippen LogP contribution in [0.5, 0.6) is 5.75 Å². The second-order valence-electron chi connectivity index (χ2n) is 6.16. The number of imide groups is 1. The molecule has 0 aromatic heterocycles. The average molecular weight is 387 g/mol. The molecule has 3 rings (SSSR count). The van der Waals surface area contributed by atoms with Gasteiger partial charge in [-0.3, -0.25) is 14.9 Å². The van der Waals surface area contributed by atoms with E-state index in [0.29, 0.717) is 28.1 Å². The number of amides is 3. The van der Waals surface area contributed by atoms with E-state index in [2.05, 4.69) is 5.32 Å². The first-order chi connectivity index (χ1) is 13.4. The van der Waals surface area contributed by atoms with Crippen LogP contribution < -0.4 is 15.4 Å². The minimum atomic E-state index is -1.48. The Morgan fingerprint density at radius 3 is 2.79 bits per heavy atom. The standard InChI is InChI=1S/C19H18FN3O5/c1-28-12-5-6-15(20)11(7-12)8-21-16-4-2-3-13-14(16)9-23(18(13)25)10-17(24)22-19(26)27/h2-7,21H,8-10H2,1H3,(H,22,24)(H,26,27). The van der Waals surface area contributed by atoms with Crippen LogP contribution in [0.15, 0.2) is 36.4 Å². The van der Waals surface area contributed by atoms with Gasteiger partial charge in [0.15, 0.2) is 0 Å². The van der Waals surface area contributed by atoms with Gasteiger partial charge in [0, 0.05) is 35.5 Å². The summed E-state index contributed by atoms with van der Waals surface area (Å²) < 4.78 is 19.1. The van der Waals surface area contributed by atoms with Crippen molar-refractivity contribution in [3.63, 3.8) is 0 Å². The molecule has 2 aromatic rings. The highest BCUT2D eigenvalue weighted by Gasteiger charge is 2.30. The Labute approximate surface area is 159 Å². The molecule has 0 aliphatic carbocycles. The summed E-state index contributed by atoms with van der Waals surface area (Å²) >= 11 is 0. The number of carbonyl (C=O) groups excluding carboxylic acids is 2. The number of hydrogen-bond acceptors (Lipinski definition) is 5. The highest BCUT2D eigenvalue weighted by molar-refractivity contribution is 6.02. The first kappa shape index (κ1) is 19.2. The number of nitrogens with zero attached hydrogens (tertiary/aromatic N) is 1. The Bertz CT molecular complexity index is 947. The number of halogens is 1. The van der Waals surface area contributed by atoms with Gasteiger partial charge >= 0.3 is 6.09 Å². The summed E-state index contributed by atoms with van der Waals surface area (Å²) in [5.74, 6) is -1.01. The molecule has 0 saturated carbocycles. The van der Waals surface area contributed by atoms with Crippen LogP contribution in [0.4, 0.5) is 14.9 Å². The number of nitrogens with one attached hydrogen (secondary N) is 2. The molecular weight excluding hydrogens is 369 g/mol. The van der Waals surface area contributed by atoms with Crippen LogP contribution in [0.2, 0.25) is 0 Å².